The van der Waals surface area contributed by atoms with Crippen molar-refractivity contribution >= 4 is 40.1 Å². The second-order valence-corrected chi connectivity index (χ2v) is 5.34. The molecule has 2 N–H and O–H groups in total. The van der Waals surface area contributed by atoms with E-state index in [0.717, 1.165) is 11.1 Å². The number of rotatable bonds is 6. The van der Waals surface area contributed by atoms with Crippen LogP contribution in [-0.2, 0) is 11.3 Å². The number of fused-ring (bicyclic) bond motifs is 1. The number of carbonyl (C=O) groups is 2. The van der Waals surface area contributed by atoms with Crippen LogP contribution >= 0.6 is 11.6 Å². The first-order chi connectivity index (χ1) is 10.5. The van der Waals surface area contributed by atoms with E-state index in [1.54, 1.807) is 10.7 Å². The number of anilines is 1. The summed E-state index contributed by atoms with van der Waals surface area (Å²) in [5.41, 5.74) is 2.05. The van der Waals surface area contributed by atoms with E-state index >= 15 is 0 Å². The molecule has 1 aromatic carbocycles. The lowest BCUT2D eigenvalue weighted by Gasteiger charge is -2.09. The molecule has 0 spiro atoms. The van der Waals surface area contributed by atoms with Gasteiger partial charge in [0.05, 0.1) is 22.5 Å². The second-order valence-electron chi connectivity index (χ2n) is 4.96. The third-order valence-electron chi connectivity index (χ3n) is 3.39. The Morgan fingerprint density at radius 3 is 2.73 bits per heavy atom. The van der Waals surface area contributed by atoms with Gasteiger partial charge in [-0.05, 0) is 32.4 Å². The minimum absolute atomic E-state index is 0.120. The molecule has 0 saturated carbocycles. The number of aryl methyl sites for hydroxylation is 2. The molecule has 6 nitrogen and oxygen atoms in total. The lowest BCUT2D eigenvalue weighted by atomic mass is 10.1. The minimum Gasteiger partial charge on any atom is -0.478 e. The van der Waals surface area contributed by atoms with Crippen molar-refractivity contribution in [3.63, 3.8) is 0 Å². The molecule has 0 aliphatic heterocycles. The minimum atomic E-state index is -1.04. The van der Waals surface area contributed by atoms with Crippen molar-refractivity contribution < 1.29 is 14.7 Å². The maximum atomic E-state index is 11.9. The number of nitrogens with one attached hydrogen (secondary N) is 1. The van der Waals surface area contributed by atoms with Crippen LogP contribution in [0.3, 0.4) is 0 Å². The van der Waals surface area contributed by atoms with Gasteiger partial charge >= 0.3 is 5.97 Å². The van der Waals surface area contributed by atoms with Crippen molar-refractivity contribution in [2.75, 3.05) is 11.2 Å². The third-order valence-corrected chi connectivity index (χ3v) is 3.65. The molecule has 118 valence electrons. The number of carbonyl (C=O) groups excluding carboxylic acids is 1. The number of carboxylic acid groups (broad SMARTS) is 1. The summed E-state index contributed by atoms with van der Waals surface area (Å²) in [5, 5.41) is 17.2. The molecule has 22 heavy (non-hydrogen) atoms. The molecule has 0 unspecified atom stereocenters. The normalized spacial score (nSPS) is 10.9. The lowest BCUT2D eigenvalue weighted by molar-refractivity contribution is -0.116. The zero-order chi connectivity index (χ0) is 16.3. The average molecular weight is 324 g/mol. The molecule has 0 saturated heterocycles. The Labute approximate surface area is 133 Å². The van der Waals surface area contributed by atoms with Crippen molar-refractivity contribution in [3.05, 3.63) is 23.4 Å². The number of carboxylic acids is 1. The number of amides is 1. The monoisotopic (exact) mass is 323 g/mol. The summed E-state index contributed by atoms with van der Waals surface area (Å²) in [6.45, 7) is 4.38. The Hall–Kier alpha value is -2.08. The summed E-state index contributed by atoms with van der Waals surface area (Å²) in [5.74, 6) is -0.821. The van der Waals surface area contributed by atoms with Crippen LogP contribution in [0.25, 0.3) is 10.9 Å². The van der Waals surface area contributed by atoms with E-state index in [9.17, 15) is 14.7 Å². The Bertz CT molecular complexity index is 724. The highest BCUT2D eigenvalue weighted by Crippen LogP contribution is 2.29. The fourth-order valence-electron chi connectivity index (χ4n) is 2.40. The number of nitrogens with zero attached hydrogens (tertiary/aromatic N) is 2. The molecule has 0 radical (unpaired) electrons. The Kier molecular flexibility index (Phi) is 5.03. The first-order valence-electron chi connectivity index (χ1n) is 7.08. The van der Waals surface area contributed by atoms with Crippen LogP contribution in [0.4, 0.5) is 5.69 Å². The molecule has 1 amide bonds. The Balaban J connectivity index is 2.52. The number of benzene rings is 1. The van der Waals surface area contributed by atoms with Gasteiger partial charge in [0.2, 0.25) is 5.91 Å². The molecule has 1 aromatic heterocycles. The van der Waals surface area contributed by atoms with Gasteiger partial charge in [0.1, 0.15) is 0 Å². The van der Waals surface area contributed by atoms with Crippen molar-refractivity contribution in [1.29, 1.82) is 0 Å². The van der Waals surface area contributed by atoms with Crippen LogP contribution in [0.15, 0.2) is 12.1 Å². The summed E-state index contributed by atoms with van der Waals surface area (Å²) in [6, 6.07) is 3.05. The van der Waals surface area contributed by atoms with Crippen LogP contribution in [0, 0.1) is 6.92 Å². The highest BCUT2D eigenvalue weighted by molar-refractivity contribution is 6.18. The fourth-order valence-corrected chi connectivity index (χ4v) is 2.53. The van der Waals surface area contributed by atoms with E-state index < -0.39 is 5.97 Å². The number of aromatic nitrogens is 2. The number of halogens is 1. The quantitative estimate of drug-likeness (QED) is 0.800. The van der Waals surface area contributed by atoms with Crippen molar-refractivity contribution in [2.45, 2.75) is 33.2 Å². The Morgan fingerprint density at radius 2 is 2.14 bits per heavy atom. The molecular weight excluding hydrogens is 306 g/mol. The average Bonchev–Trinajstić information content (AvgIpc) is 2.81. The molecule has 0 aliphatic rings. The summed E-state index contributed by atoms with van der Waals surface area (Å²) in [6.07, 6.45) is 0.867. The Morgan fingerprint density at radius 1 is 1.41 bits per heavy atom. The van der Waals surface area contributed by atoms with Crippen LogP contribution in [0.5, 0.6) is 0 Å². The highest BCUT2D eigenvalue weighted by atomic mass is 35.5. The van der Waals surface area contributed by atoms with Gasteiger partial charge in [-0.25, -0.2) is 4.79 Å². The topological polar surface area (TPSA) is 84.2 Å². The molecule has 0 bridgehead atoms. The van der Waals surface area contributed by atoms with Gasteiger partial charge in [-0.1, -0.05) is 0 Å². The molecule has 0 fully saturated rings. The zero-order valence-electron chi connectivity index (χ0n) is 12.5. The lowest BCUT2D eigenvalue weighted by Crippen LogP contribution is -2.12. The molecular formula is C15H18ClN3O3. The molecule has 7 heteroatoms. The molecule has 2 rings (SSSR count). The summed E-state index contributed by atoms with van der Waals surface area (Å²) in [4.78, 5) is 23.2. The highest BCUT2D eigenvalue weighted by Gasteiger charge is 2.17. The molecule has 0 atom stereocenters. The molecule has 2 aromatic rings. The van der Waals surface area contributed by atoms with Crippen LogP contribution in [0.1, 0.15) is 35.8 Å². The van der Waals surface area contributed by atoms with Gasteiger partial charge in [-0.2, -0.15) is 5.10 Å². The van der Waals surface area contributed by atoms with Gasteiger partial charge in [-0.3, -0.25) is 9.48 Å². The maximum absolute atomic E-state index is 11.9. The van der Waals surface area contributed by atoms with Crippen LogP contribution in [0.2, 0.25) is 0 Å². The van der Waals surface area contributed by atoms with Crippen molar-refractivity contribution in [3.8, 4) is 0 Å². The number of aromatic carboxylic acids is 1. The first-order valence-corrected chi connectivity index (χ1v) is 7.61. The molecule has 1 heterocycles. The fraction of sp³-hybridized carbons (Fsp3) is 0.400. The standard InChI is InChI=1S/C15H18ClN3O3/c1-3-19-12-8-10(15(21)22)7-11(14(12)9(2)18-19)17-13(20)5-4-6-16/h7-8H,3-6H2,1-2H3,(H,17,20)(H,21,22). The van der Waals surface area contributed by atoms with Gasteiger partial charge < -0.3 is 10.4 Å². The first kappa shape index (κ1) is 16.3. The number of hydrogen-bond acceptors (Lipinski definition) is 3. The van der Waals surface area contributed by atoms with Gasteiger partial charge in [0.25, 0.3) is 0 Å². The van der Waals surface area contributed by atoms with Crippen LogP contribution in [-0.4, -0.2) is 32.6 Å². The van der Waals surface area contributed by atoms with Crippen molar-refractivity contribution in [1.82, 2.24) is 9.78 Å². The van der Waals surface area contributed by atoms with E-state index in [1.807, 2.05) is 13.8 Å². The summed E-state index contributed by atoms with van der Waals surface area (Å²) >= 11 is 5.59. The van der Waals surface area contributed by atoms with E-state index in [-0.39, 0.29) is 11.5 Å². The summed E-state index contributed by atoms with van der Waals surface area (Å²) < 4.78 is 1.73. The number of alkyl halides is 1. The second kappa shape index (κ2) is 6.79. The maximum Gasteiger partial charge on any atom is 0.335 e. The van der Waals surface area contributed by atoms with E-state index in [2.05, 4.69) is 10.4 Å². The number of hydrogen-bond donors (Lipinski definition) is 2. The largest absolute Gasteiger partial charge is 0.478 e. The van der Waals surface area contributed by atoms with E-state index in [4.69, 9.17) is 11.6 Å². The van der Waals surface area contributed by atoms with Crippen LogP contribution < -0.4 is 5.32 Å². The smallest absolute Gasteiger partial charge is 0.335 e. The summed E-state index contributed by atoms with van der Waals surface area (Å²) in [7, 11) is 0. The predicted octanol–water partition coefficient (Wildman–Crippen LogP) is 3.02. The van der Waals surface area contributed by atoms with E-state index in [0.29, 0.717) is 36.5 Å². The molecule has 0 aliphatic carbocycles. The van der Waals surface area contributed by atoms with Gasteiger partial charge in [0, 0.05) is 24.2 Å². The van der Waals surface area contributed by atoms with Gasteiger partial charge in [0.15, 0.2) is 0 Å². The van der Waals surface area contributed by atoms with Crippen molar-refractivity contribution in [2.24, 2.45) is 0 Å². The zero-order valence-corrected chi connectivity index (χ0v) is 13.3. The SMILES string of the molecule is CCn1nc(C)c2c(NC(=O)CCCCl)cc(C(=O)O)cc21. The third kappa shape index (κ3) is 3.22. The predicted molar refractivity (Wildman–Crippen MR) is 85.7 cm³/mol. The van der Waals surface area contributed by atoms with Gasteiger partial charge in [-0.15, -0.1) is 11.6 Å². The van der Waals surface area contributed by atoms with E-state index in [1.165, 1.54) is 6.07 Å².